The molecular weight excluding hydrogens is 1160 g/mol. The molecule has 1 aromatic carbocycles. The van der Waals surface area contributed by atoms with E-state index in [0.717, 1.165) is 12.2 Å². The van der Waals surface area contributed by atoms with Crippen LogP contribution in [0.15, 0.2) is 36.4 Å². The van der Waals surface area contributed by atoms with Gasteiger partial charge in [-0.25, -0.2) is 19.2 Å². The van der Waals surface area contributed by atoms with Crippen molar-refractivity contribution in [2.75, 3.05) is 59.2 Å². The van der Waals surface area contributed by atoms with E-state index in [4.69, 9.17) is 23.7 Å². The third kappa shape index (κ3) is 34.4. The van der Waals surface area contributed by atoms with Crippen molar-refractivity contribution in [1.29, 1.82) is 0 Å². The number of rotatable bonds is 40. The zero-order valence-electron chi connectivity index (χ0n) is 53.4. The number of ether oxygens (including phenoxy) is 5. The van der Waals surface area contributed by atoms with Crippen molar-refractivity contribution >= 4 is 77.2 Å². The summed E-state index contributed by atoms with van der Waals surface area (Å²) >= 11 is 0. The highest BCUT2D eigenvalue weighted by Gasteiger charge is 2.33. The number of nitrogens with zero attached hydrogens (tertiary/aromatic N) is 1. The third-order valence-corrected chi connectivity index (χ3v) is 12.5. The Morgan fingerprint density at radius 3 is 1.43 bits per heavy atom. The maximum absolute atomic E-state index is 13.2. The van der Waals surface area contributed by atoms with E-state index in [1.807, 2.05) is 0 Å². The molecule has 2 rings (SSSR count). The number of aliphatic carboxylic acids is 1. The second-order valence-corrected chi connectivity index (χ2v) is 24.4. The lowest BCUT2D eigenvalue weighted by molar-refractivity contribution is -0.159. The summed E-state index contributed by atoms with van der Waals surface area (Å²) in [6, 6.07) is 0.512. The second kappa shape index (κ2) is 39.1. The number of amides is 10. The van der Waals surface area contributed by atoms with Crippen molar-refractivity contribution in [1.82, 2.24) is 47.4 Å². The van der Waals surface area contributed by atoms with Crippen molar-refractivity contribution in [3.63, 3.8) is 0 Å². The first kappa shape index (κ1) is 77.1. The molecule has 0 aromatic heterocycles. The fourth-order valence-electron chi connectivity index (χ4n) is 8.16. The minimum absolute atomic E-state index is 0.0556. The van der Waals surface area contributed by atoms with Crippen LogP contribution in [-0.4, -0.2) is 187 Å². The molecule has 9 N–H and O–H groups in total. The van der Waals surface area contributed by atoms with Crippen molar-refractivity contribution in [2.45, 2.75) is 194 Å². The van der Waals surface area contributed by atoms with E-state index in [2.05, 4.69) is 42.5 Å². The molecule has 0 unspecified atom stereocenters. The van der Waals surface area contributed by atoms with E-state index < -0.39 is 107 Å². The van der Waals surface area contributed by atoms with Crippen LogP contribution in [0.3, 0.4) is 0 Å². The van der Waals surface area contributed by atoms with E-state index in [1.165, 1.54) is 24.3 Å². The average molecular weight is 1260 g/mol. The molecule has 0 saturated heterocycles. The Morgan fingerprint density at radius 2 is 0.933 bits per heavy atom. The van der Waals surface area contributed by atoms with Gasteiger partial charge in [-0.3, -0.25) is 48.1 Å². The standard InChI is InChI=1S/C61H95N9O19/c1-39(2)51(55(80)81)69-54(79)42(66-47(73)38-70-48(74)26-27-49(70)75)18-12-15-31-63-46(72)29-34-85-36-37-86-35-33-65-53(78)41-23-21-40(22-24-41)52(77)64-32-17-14-20-45(71)62-30-16-13-19-43(56(82)88-60(6,7)8)67-58(84)68-44(57(83)89-61(9,10)11)25-28-50(76)87-59(3,4)5/h21-24,26-27,39,42-44,51H,12-20,25,28-38H2,1-11H3,(H,62,71)(H,63,72)(H,64,77)(H,65,78)(H,66,73)(H,69,79)(H,80,81)(H2,67,68,84)/t42-,43-,44-,51-/m0/s1. The van der Waals surface area contributed by atoms with E-state index >= 15 is 0 Å². The number of carboxylic acid groups (broad SMARTS) is 1. The Hall–Kier alpha value is -8.01. The van der Waals surface area contributed by atoms with Crippen molar-refractivity contribution < 1.29 is 91.1 Å². The van der Waals surface area contributed by atoms with Crippen LogP contribution in [0.4, 0.5) is 4.79 Å². The number of carbonyl (C=O) groups excluding carboxylic acids is 12. The topological polar surface area (TPSA) is 388 Å². The van der Waals surface area contributed by atoms with Gasteiger partial charge in [0, 0.05) is 68.7 Å². The summed E-state index contributed by atoms with van der Waals surface area (Å²) in [7, 11) is 0. The predicted octanol–water partition coefficient (Wildman–Crippen LogP) is 2.79. The van der Waals surface area contributed by atoms with Gasteiger partial charge in [0.2, 0.25) is 23.6 Å². The van der Waals surface area contributed by atoms with Crippen LogP contribution < -0.4 is 42.5 Å². The zero-order valence-corrected chi connectivity index (χ0v) is 53.4. The molecule has 0 bridgehead atoms. The molecule has 89 heavy (non-hydrogen) atoms. The molecule has 0 aliphatic carbocycles. The maximum Gasteiger partial charge on any atom is 0.329 e. The Morgan fingerprint density at radius 1 is 0.483 bits per heavy atom. The molecule has 1 heterocycles. The highest BCUT2D eigenvalue weighted by atomic mass is 16.6. The van der Waals surface area contributed by atoms with E-state index in [1.54, 1.807) is 76.2 Å². The van der Waals surface area contributed by atoms with Gasteiger partial charge in [-0.1, -0.05) is 13.8 Å². The largest absolute Gasteiger partial charge is 0.480 e. The summed E-state index contributed by atoms with van der Waals surface area (Å²) in [5.41, 5.74) is -1.83. The van der Waals surface area contributed by atoms with Gasteiger partial charge in [-0.05, 0) is 150 Å². The van der Waals surface area contributed by atoms with Crippen molar-refractivity contribution in [3.8, 4) is 0 Å². The molecule has 498 valence electrons. The second-order valence-electron chi connectivity index (χ2n) is 24.4. The lowest BCUT2D eigenvalue weighted by Gasteiger charge is -2.27. The molecule has 10 amide bonds. The molecule has 1 aliphatic rings. The number of imide groups is 1. The molecule has 4 atom stereocenters. The molecule has 0 saturated carbocycles. The Labute approximate surface area is 520 Å². The van der Waals surface area contributed by atoms with Gasteiger partial charge in [0.15, 0.2) is 0 Å². The number of hydrogen-bond donors (Lipinski definition) is 9. The highest BCUT2D eigenvalue weighted by molar-refractivity contribution is 6.14. The first-order valence-corrected chi connectivity index (χ1v) is 30.1. The Bertz CT molecular complexity index is 2570. The number of esters is 3. The van der Waals surface area contributed by atoms with Crippen LogP contribution in [0.25, 0.3) is 0 Å². The quantitative estimate of drug-likeness (QED) is 0.0197. The lowest BCUT2D eigenvalue weighted by Crippen LogP contribution is -2.54. The third-order valence-electron chi connectivity index (χ3n) is 12.5. The van der Waals surface area contributed by atoms with E-state index in [9.17, 15) is 67.4 Å². The smallest absolute Gasteiger partial charge is 0.329 e. The van der Waals surface area contributed by atoms with Crippen LogP contribution >= 0.6 is 0 Å². The van der Waals surface area contributed by atoms with Gasteiger partial charge in [0.25, 0.3) is 23.6 Å². The SMILES string of the molecule is CC(C)[C@H](NC(=O)[C@H](CCCCNC(=O)CCOCCOCCNC(=O)c1ccc(C(=O)NCCCCC(=O)NCCCC[C@H](NC(=O)N[C@@H](CCC(=O)OC(C)(C)C)C(=O)OC(C)(C)C)C(=O)OC(C)(C)C)cc1)NC(=O)CN1C(=O)C=CC1=O)C(=O)O. The number of urea groups is 1. The summed E-state index contributed by atoms with van der Waals surface area (Å²) in [6.45, 7) is 19.5. The van der Waals surface area contributed by atoms with Crippen molar-refractivity contribution in [2.24, 2.45) is 5.92 Å². The molecule has 0 fully saturated rings. The Balaban J connectivity index is 1.63. The normalized spacial score (nSPS) is 13.7. The number of carbonyl (C=O) groups is 13. The predicted molar refractivity (Wildman–Crippen MR) is 323 cm³/mol. The number of hydrogen-bond acceptors (Lipinski definition) is 18. The number of carboxylic acids is 1. The van der Waals surface area contributed by atoms with Crippen LogP contribution in [0.5, 0.6) is 0 Å². The summed E-state index contributed by atoms with van der Waals surface area (Å²) in [6.07, 6.45) is 4.86. The van der Waals surface area contributed by atoms with Gasteiger partial charge < -0.3 is 71.3 Å². The van der Waals surface area contributed by atoms with E-state index in [-0.39, 0.29) is 102 Å². The number of benzene rings is 1. The molecule has 28 nitrogen and oxygen atoms in total. The van der Waals surface area contributed by atoms with Crippen LogP contribution in [0.1, 0.15) is 174 Å². The summed E-state index contributed by atoms with van der Waals surface area (Å²) in [5, 5.41) is 30.7. The van der Waals surface area contributed by atoms with E-state index in [0.29, 0.717) is 67.6 Å². The number of nitrogens with one attached hydrogen (secondary N) is 8. The Kier molecular flexibility index (Phi) is 33.9. The summed E-state index contributed by atoms with van der Waals surface area (Å²) < 4.78 is 27.3. The fraction of sp³-hybridized carbons (Fsp3) is 0.656. The first-order chi connectivity index (χ1) is 41.6. The molecule has 0 spiro atoms. The van der Waals surface area contributed by atoms with Gasteiger partial charge in [-0.15, -0.1) is 0 Å². The summed E-state index contributed by atoms with van der Waals surface area (Å²) in [4.78, 5) is 164. The number of unbranched alkanes of at least 4 members (excludes halogenated alkanes) is 3. The average Bonchev–Trinajstić information content (AvgIpc) is 3.96. The van der Waals surface area contributed by atoms with Crippen LogP contribution in [-0.2, 0) is 71.6 Å². The zero-order chi connectivity index (χ0) is 66.9. The van der Waals surface area contributed by atoms with Crippen LogP contribution in [0.2, 0.25) is 0 Å². The molecule has 0 radical (unpaired) electrons. The fourth-order valence-corrected chi connectivity index (χ4v) is 8.16. The van der Waals surface area contributed by atoms with Gasteiger partial charge in [-0.2, -0.15) is 0 Å². The molecule has 1 aromatic rings. The molecule has 1 aliphatic heterocycles. The first-order valence-electron chi connectivity index (χ1n) is 30.1. The minimum atomic E-state index is -1.25. The van der Waals surface area contributed by atoms with Gasteiger partial charge in [0.05, 0.1) is 26.4 Å². The minimum Gasteiger partial charge on any atom is -0.480 e. The van der Waals surface area contributed by atoms with Crippen molar-refractivity contribution in [3.05, 3.63) is 47.5 Å². The monoisotopic (exact) mass is 1260 g/mol. The molecular formula is C61H95N9O19. The molecule has 28 heteroatoms. The highest BCUT2D eigenvalue weighted by Crippen LogP contribution is 2.16. The van der Waals surface area contributed by atoms with Gasteiger partial charge >= 0.3 is 29.9 Å². The summed E-state index contributed by atoms with van der Waals surface area (Å²) in [5.74, 6) is -7.84. The lowest BCUT2D eigenvalue weighted by atomic mass is 10.0. The maximum atomic E-state index is 13.2. The van der Waals surface area contributed by atoms with Crippen LogP contribution in [0, 0.1) is 5.92 Å². The van der Waals surface area contributed by atoms with Gasteiger partial charge in [0.1, 0.15) is 47.5 Å².